The lowest BCUT2D eigenvalue weighted by Gasteiger charge is -2.45. The van der Waals surface area contributed by atoms with E-state index in [0.29, 0.717) is 37.7 Å². The Morgan fingerprint density at radius 1 is 1.28 bits per heavy atom. The molecule has 1 aromatic heterocycles. The summed E-state index contributed by atoms with van der Waals surface area (Å²) in [6, 6.07) is 5.43. The molecule has 5 nitrogen and oxygen atoms in total. The van der Waals surface area contributed by atoms with Gasteiger partial charge in [-0.05, 0) is 49.4 Å². The average molecular weight is 401 g/mol. The predicted molar refractivity (Wildman–Crippen MR) is 104 cm³/mol. The molecular weight excluding hydrogens is 376 g/mol. The van der Waals surface area contributed by atoms with Crippen molar-refractivity contribution < 1.29 is 18.3 Å². The number of hydrogen-bond acceptors (Lipinski definition) is 4. The van der Waals surface area contributed by atoms with E-state index in [-0.39, 0.29) is 23.1 Å². The van der Waals surface area contributed by atoms with Crippen LogP contribution in [0.4, 0.5) is 8.78 Å². The third-order valence-electron chi connectivity index (χ3n) is 6.29. The molecule has 2 aromatic rings. The van der Waals surface area contributed by atoms with E-state index < -0.39 is 17.0 Å². The monoisotopic (exact) mass is 401 g/mol. The maximum Gasteiger partial charge on any atom is 0.234 e. The Balaban J connectivity index is 1.69. The van der Waals surface area contributed by atoms with Gasteiger partial charge in [0.05, 0.1) is 29.0 Å². The molecule has 1 fully saturated rings. The molecule has 1 aliphatic heterocycles. The van der Waals surface area contributed by atoms with Gasteiger partial charge in [0.1, 0.15) is 11.6 Å². The summed E-state index contributed by atoms with van der Waals surface area (Å²) in [4.78, 5) is 15.1. The molecule has 2 heterocycles. The number of likely N-dealkylation sites (tertiary alicyclic amines) is 1. The summed E-state index contributed by atoms with van der Waals surface area (Å²) in [6.07, 6.45) is 1.48. The van der Waals surface area contributed by atoms with E-state index in [1.54, 1.807) is 13.2 Å². The summed E-state index contributed by atoms with van der Waals surface area (Å²) >= 11 is 0. The quantitative estimate of drug-likeness (QED) is 0.784. The van der Waals surface area contributed by atoms with Gasteiger partial charge in [0.15, 0.2) is 0 Å². The molecule has 0 unspecified atom stereocenters. The molecule has 0 radical (unpaired) electrons. The molecule has 0 bridgehead atoms. The Bertz CT molecular complexity index is 925. The first kappa shape index (κ1) is 19.9. The number of halogens is 2. The zero-order valence-electron chi connectivity index (χ0n) is 16.9. The van der Waals surface area contributed by atoms with Crippen molar-refractivity contribution in [3.8, 4) is 11.3 Å². The van der Waals surface area contributed by atoms with Gasteiger partial charge in [-0.3, -0.25) is 4.79 Å². The third-order valence-corrected chi connectivity index (χ3v) is 6.29. The lowest BCUT2D eigenvalue weighted by Crippen LogP contribution is -2.58. The number of aromatic nitrogens is 2. The van der Waals surface area contributed by atoms with Crippen molar-refractivity contribution in [1.29, 1.82) is 0 Å². The molecule has 0 saturated carbocycles. The molecule has 7 heteroatoms. The molecule has 4 rings (SSSR count). The number of ether oxygens (including phenoxy) is 1. The van der Waals surface area contributed by atoms with Crippen molar-refractivity contribution in [3.05, 3.63) is 47.2 Å². The van der Waals surface area contributed by atoms with Gasteiger partial charge in [0.2, 0.25) is 5.91 Å². The minimum Gasteiger partial charge on any atom is -0.384 e. The van der Waals surface area contributed by atoms with Crippen LogP contribution in [0.1, 0.15) is 43.9 Å². The topological polar surface area (TPSA) is 55.3 Å². The summed E-state index contributed by atoms with van der Waals surface area (Å²) in [5.41, 5.74) is 0.663. The third kappa shape index (κ3) is 3.31. The standard InChI is InChI=1S/C22H25F2N3O2/c1-13-7-8-22(2,21(28)27-10-14(11-27)12-29-3)20-15(13)9-18(25-26-20)19-16(23)5-4-6-17(19)24/h4-6,9,13-14H,7-8,10-12H2,1-3H3/t13-,22-/m0/s1. The first-order valence-electron chi connectivity index (χ1n) is 9.96. The second-order valence-electron chi connectivity index (χ2n) is 8.43. The largest absolute Gasteiger partial charge is 0.384 e. The fourth-order valence-corrected chi connectivity index (χ4v) is 4.49. The molecule has 1 saturated heterocycles. The van der Waals surface area contributed by atoms with Crippen LogP contribution in [0.2, 0.25) is 0 Å². The van der Waals surface area contributed by atoms with Crippen molar-refractivity contribution in [3.63, 3.8) is 0 Å². The maximum absolute atomic E-state index is 14.2. The van der Waals surface area contributed by atoms with Crippen LogP contribution in [-0.4, -0.2) is 47.8 Å². The summed E-state index contributed by atoms with van der Waals surface area (Å²) in [7, 11) is 1.66. The highest BCUT2D eigenvalue weighted by Gasteiger charge is 2.47. The SMILES string of the molecule is COCC1CN(C(=O)[C@@]2(C)CC[C@H](C)c3cc(-c4c(F)cccc4F)nnc32)C1. The molecule has 2 aliphatic rings. The van der Waals surface area contributed by atoms with Gasteiger partial charge in [0, 0.05) is 26.1 Å². The zero-order chi connectivity index (χ0) is 20.8. The number of benzene rings is 1. The van der Waals surface area contributed by atoms with E-state index in [4.69, 9.17) is 4.74 Å². The fraction of sp³-hybridized carbons (Fsp3) is 0.500. The first-order chi connectivity index (χ1) is 13.8. The number of carbonyl (C=O) groups excluding carboxylic acids is 1. The van der Waals surface area contributed by atoms with Gasteiger partial charge >= 0.3 is 0 Å². The van der Waals surface area contributed by atoms with E-state index in [0.717, 1.165) is 12.0 Å². The first-order valence-corrected chi connectivity index (χ1v) is 9.96. The molecule has 1 aromatic carbocycles. The van der Waals surface area contributed by atoms with Gasteiger partial charge in [0.25, 0.3) is 0 Å². The minimum absolute atomic E-state index is 0.0390. The van der Waals surface area contributed by atoms with E-state index in [1.807, 2.05) is 18.7 Å². The highest BCUT2D eigenvalue weighted by molar-refractivity contribution is 5.89. The smallest absolute Gasteiger partial charge is 0.234 e. The highest BCUT2D eigenvalue weighted by atomic mass is 19.1. The van der Waals surface area contributed by atoms with Crippen LogP contribution in [-0.2, 0) is 14.9 Å². The second-order valence-corrected chi connectivity index (χ2v) is 8.43. The average Bonchev–Trinajstić information content (AvgIpc) is 2.67. The van der Waals surface area contributed by atoms with Crippen LogP contribution in [0.15, 0.2) is 24.3 Å². The van der Waals surface area contributed by atoms with Crippen LogP contribution < -0.4 is 0 Å². The normalized spacial score (nSPS) is 24.2. The molecule has 0 N–H and O–H groups in total. The van der Waals surface area contributed by atoms with E-state index in [2.05, 4.69) is 10.2 Å². The van der Waals surface area contributed by atoms with Gasteiger partial charge in [-0.2, -0.15) is 5.10 Å². The minimum atomic E-state index is -0.779. The molecular formula is C22H25F2N3O2. The van der Waals surface area contributed by atoms with Gasteiger partial charge in [-0.15, -0.1) is 5.10 Å². The van der Waals surface area contributed by atoms with Crippen LogP contribution in [0.25, 0.3) is 11.3 Å². The lowest BCUT2D eigenvalue weighted by molar-refractivity contribution is -0.145. The number of nitrogens with zero attached hydrogens (tertiary/aromatic N) is 3. The van der Waals surface area contributed by atoms with Crippen molar-refractivity contribution >= 4 is 5.91 Å². The Labute approximate surface area is 169 Å². The highest BCUT2D eigenvalue weighted by Crippen LogP contribution is 2.44. The van der Waals surface area contributed by atoms with Crippen molar-refractivity contribution in [1.82, 2.24) is 15.1 Å². The number of carbonyl (C=O) groups is 1. The number of rotatable bonds is 4. The van der Waals surface area contributed by atoms with Crippen LogP contribution in [0, 0.1) is 17.6 Å². The van der Waals surface area contributed by atoms with Crippen molar-refractivity contribution in [2.45, 2.75) is 38.0 Å². The molecule has 154 valence electrons. The number of hydrogen-bond donors (Lipinski definition) is 0. The molecule has 29 heavy (non-hydrogen) atoms. The Hall–Kier alpha value is -2.41. The zero-order valence-corrected chi connectivity index (χ0v) is 16.9. The van der Waals surface area contributed by atoms with Crippen molar-refractivity contribution in [2.75, 3.05) is 26.8 Å². The van der Waals surface area contributed by atoms with E-state index in [9.17, 15) is 13.6 Å². The second kappa shape index (κ2) is 7.44. The van der Waals surface area contributed by atoms with Crippen LogP contribution in [0.3, 0.4) is 0 Å². The molecule has 1 amide bonds. The van der Waals surface area contributed by atoms with Crippen LogP contribution in [0.5, 0.6) is 0 Å². The van der Waals surface area contributed by atoms with Crippen LogP contribution >= 0.6 is 0 Å². The molecule has 0 spiro atoms. The summed E-state index contributed by atoms with van der Waals surface area (Å²) < 4.78 is 33.6. The molecule has 2 atom stereocenters. The van der Waals surface area contributed by atoms with Gasteiger partial charge < -0.3 is 9.64 Å². The predicted octanol–water partition coefficient (Wildman–Crippen LogP) is 3.68. The van der Waals surface area contributed by atoms with E-state index >= 15 is 0 Å². The Morgan fingerprint density at radius 3 is 2.62 bits per heavy atom. The van der Waals surface area contributed by atoms with Crippen molar-refractivity contribution in [2.24, 2.45) is 5.92 Å². The maximum atomic E-state index is 14.2. The number of methoxy groups -OCH3 is 1. The Kier molecular flexibility index (Phi) is 5.11. The number of amides is 1. The van der Waals surface area contributed by atoms with E-state index in [1.165, 1.54) is 18.2 Å². The summed E-state index contributed by atoms with van der Waals surface area (Å²) in [5.74, 6) is -0.811. The van der Waals surface area contributed by atoms with Gasteiger partial charge in [-0.1, -0.05) is 13.0 Å². The number of fused-ring (bicyclic) bond motifs is 1. The Morgan fingerprint density at radius 2 is 1.97 bits per heavy atom. The fourth-order valence-electron chi connectivity index (χ4n) is 4.49. The summed E-state index contributed by atoms with van der Waals surface area (Å²) in [6.45, 7) is 5.95. The van der Waals surface area contributed by atoms with Gasteiger partial charge in [-0.25, -0.2) is 8.78 Å². The summed E-state index contributed by atoms with van der Waals surface area (Å²) in [5, 5.41) is 8.47. The lowest BCUT2D eigenvalue weighted by atomic mass is 9.69. The molecule has 1 aliphatic carbocycles.